The summed E-state index contributed by atoms with van der Waals surface area (Å²) >= 11 is 0. The Morgan fingerprint density at radius 2 is 1.64 bits per heavy atom. The Labute approximate surface area is 213 Å². The molecule has 5 nitrogen and oxygen atoms in total. The van der Waals surface area contributed by atoms with Gasteiger partial charge in [-0.3, -0.25) is 0 Å². The quantitative estimate of drug-likeness (QED) is 0.286. The molecule has 1 saturated heterocycles. The van der Waals surface area contributed by atoms with E-state index < -0.39 is 24.3 Å². The minimum atomic E-state index is -0.549. The molecule has 0 bridgehead atoms. The van der Waals surface area contributed by atoms with Gasteiger partial charge in [0.15, 0.2) is 0 Å². The van der Waals surface area contributed by atoms with Gasteiger partial charge in [0.1, 0.15) is 12.3 Å². The number of aromatic nitrogens is 1. The van der Waals surface area contributed by atoms with Gasteiger partial charge in [-0.1, -0.05) is 78.9 Å². The summed E-state index contributed by atoms with van der Waals surface area (Å²) < 4.78 is 17.8. The van der Waals surface area contributed by atoms with Crippen LogP contribution in [-0.2, 0) is 20.7 Å². The molecule has 36 heavy (non-hydrogen) atoms. The monoisotopic (exact) mass is 479 g/mol. The van der Waals surface area contributed by atoms with Crippen LogP contribution in [0.2, 0.25) is 0 Å². The van der Waals surface area contributed by atoms with Gasteiger partial charge in [0.25, 0.3) is 0 Å². The van der Waals surface area contributed by atoms with Crippen molar-refractivity contribution in [2.75, 3.05) is 0 Å². The highest BCUT2D eigenvalue weighted by Crippen LogP contribution is 2.36. The molecule has 0 radical (unpaired) electrons. The van der Waals surface area contributed by atoms with Crippen LogP contribution in [0, 0.1) is 19.1 Å². The number of rotatable bonds is 4. The summed E-state index contributed by atoms with van der Waals surface area (Å²) in [5.41, 5.74) is 2.91. The second-order valence-electron chi connectivity index (χ2n) is 9.74. The lowest BCUT2D eigenvalue weighted by atomic mass is 9.77. The van der Waals surface area contributed by atoms with Crippen LogP contribution in [0.5, 0.6) is 0 Å². The fraction of sp³-hybridized carbons (Fsp3) is 0.267. The standard InChI is InChI=1S/C23H24BNO4.C7H6/c1-22(2)23(3,4)29-24(28-22)18-12-8-11-17-13-14-19(25-20(17)18)21(26)27-15-16-9-6-5-7-10-16;1-7-5-3-2-4-6-7/h5-14H,15H2,1-4H3;2-3,5H,1H3. The van der Waals surface area contributed by atoms with E-state index in [2.05, 4.69) is 17.1 Å². The SMILES string of the molecule is CC1(C)OB(c2cccc3ccc(C(=O)OCc4ccccc4)nc23)OC1(C)C.Cc1c#cccc1. The van der Waals surface area contributed by atoms with Gasteiger partial charge in [0.2, 0.25) is 0 Å². The third-order valence-electron chi connectivity index (χ3n) is 6.48. The second-order valence-corrected chi connectivity index (χ2v) is 9.74. The second kappa shape index (κ2) is 10.5. The van der Waals surface area contributed by atoms with Crippen LogP contribution < -0.4 is 5.46 Å². The first-order valence-corrected chi connectivity index (χ1v) is 12.0. The summed E-state index contributed by atoms with van der Waals surface area (Å²) in [7, 11) is -0.549. The molecule has 0 aliphatic carbocycles. The molecule has 5 rings (SSSR count). The Balaban J connectivity index is 0.000000375. The van der Waals surface area contributed by atoms with E-state index in [1.165, 1.54) is 0 Å². The molecule has 2 heterocycles. The number of esters is 1. The Morgan fingerprint density at radius 1 is 0.917 bits per heavy atom. The van der Waals surface area contributed by atoms with E-state index in [9.17, 15) is 4.79 Å². The summed E-state index contributed by atoms with van der Waals surface area (Å²) in [5.74, 6) is -0.459. The lowest BCUT2D eigenvalue weighted by Gasteiger charge is -2.32. The summed E-state index contributed by atoms with van der Waals surface area (Å²) in [6.07, 6.45) is 0. The molecule has 0 N–H and O–H groups in total. The zero-order chi connectivity index (χ0) is 25.8. The van der Waals surface area contributed by atoms with E-state index in [1.807, 2.05) is 107 Å². The van der Waals surface area contributed by atoms with Crippen molar-refractivity contribution in [2.24, 2.45) is 0 Å². The predicted octanol–water partition coefficient (Wildman–Crippen LogP) is 5.49. The normalized spacial score (nSPS) is 15.5. The van der Waals surface area contributed by atoms with Crippen molar-refractivity contribution in [3.63, 3.8) is 0 Å². The lowest BCUT2D eigenvalue weighted by Crippen LogP contribution is -2.41. The number of hydrogen-bond acceptors (Lipinski definition) is 5. The van der Waals surface area contributed by atoms with Gasteiger partial charge in [-0.15, -0.1) is 0 Å². The largest absolute Gasteiger partial charge is 0.497 e. The number of fused-ring (bicyclic) bond motifs is 1. The zero-order valence-corrected chi connectivity index (χ0v) is 21.4. The predicted molar refractivity (Wildman–Crippen MR) is 142 cm³/mol. The molecular formula is C30H30BNO4. The van der Waals surface area contributed by atoms with E-state index in [0.717, 1.165) is 22.0 Å². The number of hydrogen-bond donors (Lipinski definition) is 0. The number of benzene rings is 2. The number of carbonyl (C=O) groups excluding carboxylic acids is 1. The molecule has 0 atom stereocenters. The molecule has 0 spiro atoms. The highest BCUT2D eigenvalue weighted by Gasteiger charge is 2.52. The number of carbonyl (C=O) groups is 1. The Kier molecular flexibility index (Phi) is 7.44. The molecule has 0 saturated carbocycles. The summed E-state index contributed by atoms with van der Waals surface area (Å²) in [5, 5.41) is 0.914. The van der Waals surface area contributed by atoms with Crippen molar-refractivity contribution in [1.82, 2.24) is 4.98 Å². The molecule has 4 aromatic rings. The molecule has 3 aromatic carbocycles. The van der Waals surface area contributed by atoms with Crippen LogP contribution in [0.1, 0.15) is 49.3 Å². The van der Waals surface area contributed by atoms with Gasteiger partial charge in [0, 0.05) is 5.46 Å². The highest BCUT2D eigenvalue weighted by atomic mass is 16.7. The molecule has 1 aliphatic rings. The maximum atomic E-state index is 12.6. The maximum absolute atomic E-state index is 12.6. The molecule has 182 valence electrons. The first-order chi connectivity index (χ1) is 17.2. The number of ether oxygens (including phenoxy) is 1. The van der Waals surface area contributed by atoms with Crippen LogP contribution in [-0.4, -0.2) is 29.3 Å². The Bertz CT molecular complexity index is 1310. The molecule has 1 fully saturated rings. The van der Waals surface area contributed by atoms with Crippen molar-refractivity contribution in [3.8, 4) is 0 Å². The van der Waals surface area contributed by atoms with E-state index >= 15 is 0 Å². The van der Waals surface area contributed by atoms with Gasteiger partial charge in [-0.25, -0.2) is 9.78 Å². The average Bonchev–Trinajstić information content (AvgIpc) is 3.09. The topological polar surface area (TPSA) is 57.7 Å². The Morgan fingerprint density at radius 3 is 2.25 bits per heavy atom. The van der Waals surface area contributed by atoms with Gasteiger partial charge in [0.05, 0.1) is 16.7 Å². The third kappa shape index (κ3) is 5.76. The van der Waals surface area contributed by atoms with Crippen molar-refractivity contribution in [1.29, 1.82) is 0 Å². The minimum absolute atomic E-state index is 0.207. The molecule has 1 aromatic heterocycles. The lowest BCUT2D eigenvalue weighted by molar-refractivity contribution is 0.00578. The maximum Gasteiger partial charge on any atom is 0.497 e. The van der Waals surface area contributed by atoms with Crippen molar-refractivity contribution < 1.29 is 18.8 Å². The van der Waals surface area contributed by atoms with Gasteiger partial charge in [-0.2, -0.15) is 0 Å². The first-order valence-electron chi connectivity index (χ1n) is 12.0. The Hall–Kier alpha value is -3.66. The fourth-order valence-electron chi connectivity index (χ4n) is 3.68. The highest BCUT2D eigenvalue weighted by molar-refractivity contribution is 6.65. The smallest absolute Gasteiger partial charge is 0.456 e. The molecule has 0 unspecified atom stereocenters. The third-order valence-corrected chi connectivity index (χ3v) is 6.48. The van der Waals surface area contributed by atoms with Crippen molar-refractivity contribution >= 4 is 29.5 Å². The number of aryl methyl sites for hydroxylation is 1. The van der Waals surface area contributed by atoms with Gasteiger partial charge in [-0.05, 0) is 63.3 Å². The first kappa shape index (κ1) is 25.4. The number of para-hydroxylation sites is 1. The molecule has 1 aliphatic heterocycles. The molecule has 0 amide bonds. The van der Waals surface area contributed by atoms with Crippen LogP contribution in [0.3, 0.4) is 0 Å². The summed E-state index contributed by atoms with van der Waals surface area (Å²) in [4.78, 5) is 17.1. The van der Waals surface area contributed by atoms with Crippen LogP contribution >= 0.6 is 0 Å². The molecule has 6 heteroatoms. The van der Waals surface area contributed by atoms with Crippen LogP contribution in [0.25, 0.3) is 10.9 Å². The van der Waals surface area contributed by atoms with Gasteiger partial charge < -0.3 is 14.0 Å². The molecular weight excluding hydrogens is 449 g/mol. The van der Waals surface area contributed by atoms with E-state index in [0.29, 0.717) is 5.52 Å². The fourth-order valence-corrected chi connectivity index (χ4v) is 3.68. The summed E-state index contributed by atoms with van der Waals surface area (Å²) in [6, 6.07) is 30.5. The van der Waals surface area contributed by atoms with Crippen LogP contribution in [0.15, 0.2) is 78.9 Å². The number of nitrogens with zero attached hydrogens (tertiary/aromatic N) is 1. The van der Waals surface area contributed by atoms with Gasteiger partial charge >= 0.3 is 13.1 Å². The van der Waals surface area contributed by atoms with E-state index in [-0.39, 0.29) is 12.3 Å². The van der Waals surface area contributed by atoms with E-state index in [4.69, 9.17) is 14.0 Å². The minimum Gasteiger partial charge on any atom is -0.456 e. The number of pyridine rings is 1. The van der Waals surface area contributed by atoms with Crippen molar-refractivity contribution in [3.05, 3.63) is 108 Å². The average molecular weight is 479 g/mol. The zero-order valence-electron chi connectivity index (χ0n) is 21.4. The summed E-state index contributed by atoms with van der Waals surface area (Å²) in [6.45, 7) is 10.3. The van der Waals surface area contributed by atoms with E-state index in [1.54, 1.807) is 6.07 Å². The van der Waals surface area contributed by atoms with Crippen molar-refractivity contribution in [2.45, 2.75) is 52.4 Å². The van der Waals surface area contributed by atoms with Crippen LogP contribution in [0.4, 0.5) is 0 Å².